The van der Waals surface area contributed by atoms with Crippen molar-refractivity contribution in [3.8, 4) is 0 Å². The molecule has 5 nitrogen and oxygen atoms in total. The van der Waals surface area contributed by atoms with Crippen LogP contribution in [0, 0.1) is 12.8 Å². The van der Waals surface area contributed by atoms with Crippen molar-refractivity contribution < 1.29 is 0 Å². The van der Waals surface area contributed by atoms with Gasteiger partial charge in [0.2, 0.25) is 0 Å². The summed E-state index contributed by atoms with van der Waals surface area (Å²) in [6.07, 6.45) is 6.46. The molecular formula is C14H25N5. The normalized spacial score (nSPS) is 20.8. The molecule has 1 atom stereocenters. The zero-order chi connectivity index (χ0) is 13.7. The number of nitrogens with two attached hydrogens (primary N) is 1. The van der Waals surface area contributed by atoms with Gasteiger partial charge in [0.05, 0.1) is 6.20 Å². The molecular weight excluding hydrogens is 238 g/mol. The van der Waals surface area contributed by atoms with Crippen LogP contribution in [-0.4, -0.2) is 40.7 Å². The van der Waals surface area contributed by atoms with Crippen molar-refractivity contribution >= 4 is 5.96 Å². The van der Waals surface area contributed by atoms with Crippen LogP contribution in [0.1, 0.15) is 37.4 Å². The summed E-state index contributed by atoms with van der Waals surface area (Å²) < 4.78 is 0. The summed E-state index contributed by atoms with van der Waals surface area (Å²) in [4.78, 5) is 6.72. The predicted molar refractivity (Wildman–Crippen MR) is 78.1 cm³/mol. The van der Waals surface area contributed by atoms with E-state index >= 15 is 0 Å². The van der Waals surface area contributed by atoms with Gasteiger partial charge in [-0.2, -0.15) is 5.10 Å². The molecule has 0 bridgehead atoms. The van der Waals surface area contributed by atoms with E-state index in [2.05, 4.69) is 33.9 Å². The molecule has 0 radical (unpaired) electrons. The topological polar surface area (TPSA) is 70.3 Å². The van der Waals surface area contributed by atoms with E-state index in [0.29, 0.717) is 0 Å². The Labute approximate surface area is 115 Å². The Balaban J connectivity index is 1.74. The van der Waals surface area contributed by atoms with Gasteiger partial charge in [0.1, 0.15) is 0 Å². The van der Waals surface area contributed by atoms with Crippen LogP contribution in [-0.2, 0) is 6.42 Å². The van der Waals surface area contributed by atoms with Gasteiger partial charge in [-0.25, -0.2) is 0 Å². The van der Waals surface area contributed by atoms with Gasteiger partial charge >= 0.3 is 0 Å². The second kappa shape index (κ2) is 6.59. The van der Waals surface area contributed by atoms with E-state index in [-0.39, 0.29) is 0 Å². The van der Waals surface area contributed by atoms with Crippen molar-refractivity contribution in [2.24, 2.45) is 16.6 Å². The third kappa shape index (κ3) is 3.98. The SMILES string of the molecule is Cc1[nH]ncc1CCCN=C(N)N1CCCC(C)C1. The average molecular weight is 263 g/mol. The number of likely N-dealkylation sites (tertiary alicyclic amines) is 1. The van der Waals surface area contributed by atoms with E-state index in [9.17, 15) is 0 Å². The highest BCUT2D eigenvalue weighted by atomic mass is 15.3. The summed E-state index contributed by atoms with van der Waals surface area (Å²) in [5.74, 6) is 1.45. The van der Waals surface area contributed by atoms with Crippen LogP contribution >= 0.6 is 0 Å². The molecule has 0 aromatic carbocycles. The summed E-state index contributed by atoms with van der Waals surface area (Å²) in [5.41, 5.74) is 8.49. The maximum Gasteiger partial charge on any atom is 0.191 e. The summed E-state index contributed by atoms with van der Waals surface area (Å²) in [7, 11) is 0. The van der Waals surface area contributed by atoms with E-state index in [1.165, 1.54) is 18.4 Å². The largest absolute Gasteiger partial charge is 0.370 e. The number of hydrogen-bond acceptors (Lipinski definition) is 2. The van der Waals surface area contributed by atoms with Crippen molar-refractivity contribution in [1.29, 1.82) is 0 Å². The maximum absolute atomic E-state index is 6.06. The van der Waals surface area contributed by atoms with Crippen LogP contribution in [0.25, 0.3) is 0 Å². The van der Waals surface area contributed by atoms with Crippen LogP contribution < -0.4 is 5.73 Å². The Kier molecular flexibility index (Phi) is 4.82. The number of aromatic amines is 1. The molecule has 2 rings (SSSR count). The molecule has 5 heteroatoms. The molecule has 0 amide bonds. The molecule has 2 heterocycles. The number of piperidine rings is 1. The number of H-pyrrole nitrogens is 1. The van der Waals surface area contributed by atoms with Crippen LogP contribution in [0.2, 0.25) is 0 Å². The lowest BCUT2D eigenvalue weighted by atomic mass is 10.0. The summed E-state index contributed by atoms with van der Waals surface area (Å²) >= 11 is 0. The number of nitrogens with zero attached hydrogens (tertiary/aromatic N) is 3. The summed E-state index contributed by atoms with van der Waals surface area (Å²) in [6, 6.07) is 0. The first-order chi connectivity index (χ1) is 9.16. The Bertz CT molecular complexity index is 423. The third-order valence-corrected chi connectivity index (χ3v) is 3.79. The Morgan fingerprint density at radius 3 is 3.16 bits per heavy atom. The average Bonchev–Trinajstić information content (AvgIpc) is 2.80. The maximum atomic E-state index is 6.06. The summed E-state index contributed by atoms with van der Waals surface area (Å²) in [6.45, 7) is 7.23. The number of aromatic nitrogens is 2. The molecule has 106 valence electrons. The molecule has 1 aromatic rings. The van der Waals surface area contributed by atoms with Crippen molar-refractivity contribution in [3.63, 3.8) is 0 Å². The van der Waals surface area contributed by atoms with Gasteiger partial charge in [-0.3, -0.25) is 10.1 Å². The molecule has 1 aromatic heterocycles. The first-order valence-electron chi connectivity index (χ1n) is 7.20. The first-order valence-corrected chi connectivity index (χ1v) is 7.20. The van der Waals surface area contributed by atoms with Gasteiger partial charge in [-0.05, 0) is 44.1 Å². The number of guanidine groups is 1. The Morgan fingerprint density at radius 2 is 2.47 bits per heavy atom. The van der Waals surface area contributed by atoms with Crippen molar-refractivity contribution in [2.45, 2.75) is 39.5 Å². The molecule has 1 unspecified atom stereocenters. The highest BCUT2D eigenvalue weighted by Crippen LogP contribution is 2.15. The van der Waals surface area contributed by atoms with Gasteiger partial charge in [0.25, 0.3) is 0 Å². The van der Waals surface area contributed by atoms with Crippen molar-refractivity contribution in [3.05, 3.63) is 17.5 Å². The minimum atomic E-state index is 0.718. The summed E-state index contributed by atoms with van der Waals surface area (Å²) in [5, 5.41) is 6.98. The Morgan fingerprint density at radius 1 is 1.63 bits per heavy atom. The Hall–Kier alpha value is -1.52. The number of hydrogen-bond donors (Lipinski definition) is 2. The highest BCUT2D eigenvalue weighted by molar-refractivity contribution is 5.78. The quantitative estimate of drug-likeness (QED) is 0.493. The molecule has 1 aliphatic rings. The van der Waals surface area contributed by atoms with Gasteiger partial charge in [0, 0.05) is 25.3 Å². The molecule has 0 spiro atoms. The van der Waals surface area contributed by atoms with Crippen molar-refractivity contribution in [2.75, 3.05) is 19.6 Å². The van der Waals surface area contributed by atoms with Crippen LogP contribution in [0.5, 0.6) is 0 Å². The lowest BCUT2D eigenvalue weighted by Gasteiger charge is -2.31. The highest BCUT2D eigenvalue weighted by Gasteiger charge is 2.17. The smallest absolute Gasteiger partial charge is 0.191 e. The zero-order valence-electron chi connectivity index (χ0n) is 12.0. The number of aliphatic imine (C=N–C) groups is 1. The zero-order valence-corrected chi connectivity index (χ0v) is 12.0. The first kappa shape index (κ1) is 13.9. The lowest BCUT2D eigenvalue weighted by Crippen LogP contribution is -2.43. The van der Waals surface area contributed by atoms with E-state index in [4.69, 9.17) is 5.73 Å². The fourth-order valence-corrected chi connectivity index (χ4v) is 2.59. The predicted octanol–water partition coefficient (Wildman–Crippen LogP) is 1.70. The van der Waals surface area contributed by atoms with Gasteiger partial charge < -0.3 is 10.6 Å². The fraction of sp³-hybridized carbons (Fsp3) is 0.714. The van der Waals surface area contributed by atoms with Gasteiger partial charge in [-0.1, -0.05) is 6.92 Å². The number of rotatable bonds is 4. The van der Waals surface area contributed by atoms with Crippen LogP contribution in [0.15, 0.2) is 11.2 Å². The molecule has 1 saturated heterocycles. The number of nitrogens with one attached hydrogen (secondary N) is 1. The third-order valence-electron chi connectivity index (χ3n) is 3.79. The van der Waals surface area contributed by atoms with Crippen molar-refractivity contribution in [1.82, 2.24) is 15.1 Å². The molecule has 1 aliphatic heterocycles. The minimum Gasteiger partial charge on any atom is -0.370 e. The lowest BCUT2D eigenvalue weighted by molar-refractivity contribution is 0.270. The minimum absolute atomic E-state index is 0.718. The van der Waals surface area contributed by atoms with E-state index in [0.717, 1.165) is 50.0 Å². The van der Waals surface area contributed by atoms with Gasteiger partial charge in [-0.15, -0.1) is 0 Å². The monoisotopic (exact) mass is 263 g/mol. The molecule has 0 aliphatic carbocycles. The van der Waals surface area contributed by atoms with E-state index in [1.807, 2.05) is 6.20 Å². The molecule has 1 fully saturated rings. The second-order valence-electron chi connectivity index (χ2n) is 5.56. The van der Waals surface area contributed by atoms with E-state index < -0.39 is 0 Å². The van der Waals surface area contributed by atoms with E-state index in [1.54, 1.807) is 0 Å². The second-order valence-corrected chi connectivity index (χ2v) is 5.56. The van der Waals surface area contributed by atoms with Gasteiger partial charge in [0.15, 0.2) is 5.96 Å². The molecule has 19 heavy (non-hydrogen) atoms. The fourth-order valence-electron chi connectivity index (χ4n) is 2.59. The molecule has 0 saturated carbocycles. The standard InChI is InChI=1S/C14H25N5/c1-11-5-4-8-19(10-11)14(15)16-7-3-6-13-9-17-18-12(13)2/h9,11H,3-8,10H2,1-2H3,(H2,15,16)(H,17,18). The van der Waals surface area contributed by atoms with Crippen LogP contribution in [0.4, 0.5) is 0 Å². The number of aryl methyl sites for hydroxylation is 2. The van der Waals surface area contributed by atoms with Crippen LogP contribution in [0.3, 0.4) is 0 Å². The molecule has 3 N–H and O–H groups in total.